The van der Waals surface area contributed by atoms with Gasteiger partial charge in [0.2, 0.25) is 0 Å². The van der Waals surface area contributed by atoms with Crippen molar-refractivity contribution >= 4 is 53.5 Å². The minimum absolute atomic E-state index is 0.00251. The first-order chi connectivity index (χ1) is 61.0. The van der Waals surface area contributed by atoms with Crippen molar-refractivity contribution in [2.45, 2.75) is 209 Å². The number of Topliss-reactive ketones (excluding diaryl/α,β-unsaturated/α-hetero) is 1. The molecule has 17 rings (SSSR count). The van der Waals surface area contributed by atoms with Crippen LogP contribution in [-0.2, 0) is 80.6 Å². The summed E-state index contributed by atoms with van der Waals surface area (Å²) >= 11 is 0. The molecule has 4 aliphatic carbocycles. The average molecular weight is 1720 g/mol. The number of benzene rings is 8. The van der Waals surface area contributed by atoms with E-state index < -0.39 is 170 Å². The molecule has 0 unspecified atom stereocenters. The minimum Gasteiger partial charge on any atom is -0.459 e. The minimum atomic E-state index is -2.03. The molecule has 0 N–H and O–H groups in total. The van der Waals surface area contributed by atoms with Crippen molar-refractivity contribution in [3.63, 3.8) is 0 Å². The molecule has 8 aromatic carbocycles. The summed E-state index contributed by atoms with van der Waals surface area (Å²) in [5.41, 5.74) is -0.239. The van der Waals surface area contributed by atoms with E-state index in [1.165, 1.54) is 111 Å². The Balaban J connectivity index is 0.795. The number of ether oxygens (including phenoxy) is 16. The second-order valence-corrected chi connectivity index (χ2v) is 35.4. The van der Waals surface area contributed by atoms with E-state index in [2.05, 4.69) is 27.7 Å². The molecule has 9 aliphatic rings. The lowest BCUT2D eigenvalue weighted by Gasteiger charge is -2.60. The number of hydrogen-bond donors (Lipinski definition) is 0. The van der Waals surface area contributed by atoms with Crippen LogP contribution in [0.25, 0.3) is 0 Å². The molecule has 5 aliphatic heterocycles. The summed E-state index contributed by atoms with van der Waals surface area (Å²) < 4.78 is 110. The molecular weight excluding hydrogens is 1610 g/mol. The van der Waals surface area contributed by atoms with Crippen molar-refractivity contribution in [3.8, 4) is 0 Å². The molecule has 0 bridgehead atoms. The highest BCUT2D eigenvalue weighted by Gasteiger charge is 2.71. The van der Waals surface area contributed by atoms with E-state index >= 15 is 19.2 Å². The monoisotopic (exact) mass is 1720 g/mol. The van der Waals surface area contributed by atoms with Crippen LogP contribution in [0.15, 0.2) is 243 Å². The van der Waals surface area contributed by atoms with Gasteiger partial charge in [-0.3, -0.25) is 4.79 Å². The van der Waals surface area contributed by atoms with Gasteiger partial charge in [0, 0.05) is 24.7 Å². The van der Waals surface area contributed by atoms with Gasteiger partial charge in [-0.1, -0.05) is 173 Å². The first-order valence-electron chi connectivity index (χ1n) is 43.8. The number of ketones is 1. The van der Waals surface area contributed by atoms with E-state index in [9.17, 15) is 24.0 Å². The van der Waals surface area contributed by atoms with Crippen molar-refractivity contribution in [3.05, 3.63) is 287 Å². The fourth-order valence-corrected chi connectivity index (χ4v) is 21.4. The predicted octanol–water partition coefficient (Wildman–Crippen LogP) is 15.4. The number of carbonyl (C=O) groups is 9. The molecule has 5 heterocycles. The van der Waals surface area contributed by atoms with Gasteiger partial charge in [-0.2, -0.15) is 0 Å². The summed E-state index contributed by atoms with van der Waals surface area (Å²) in [6.45, 7) is 12.1. The van der Waals surface area contributed by atoms with Gasteiger partial charge in [-0.05, 0) is 196 Å². The molecule has 126 heavy (non-hydrogen) atoms. The summed E-state index contributed by atoms with van der Waals surface area (Å²) in [5, 5.41) is 0. The molecule has 25 heteroatoms. The summed E-state index contributed by atoms with van der Waals surface area (Å²) in [4.78, 5) is 136. The first-order valence-corrected chi connectivity index (χ1v) is 43.8. The lowest BCUT2D eigenvalue weighted by atomic mass is 9.44. The first kappa shape index (κ1) is 87.0. The molecule has 5 saturated heterocycles. The molecule has 8 aromatic rings. The molecule has 0 radical (unpaired) electrons. The Hall–Kier alpha value is -11.1. The molecule has 0 aromatic heterocycles. The van der Waals surface area contributed by atoms with Crippen LogP contribution in [0.2, 0.25) is 0 Å². The van der Waals surface area contributed by atoms with Gasteiger partial charge in [0.15, 0.2) is 73.5 Å². The number of carbonyl (C=O) groups excluding carboxylic acids is 9. The zero-order valence-electron chi connectivity index (χ0n) is 70.9. The molecule has 25 nitrogen and oxygen atoms in total. The van der Waals surface area contributed by atoms with Crippen LogP contribution < -0.4 is 0 Å². The van der Waals surface area contributed by atoms with Gasteiger partial charge in [-0.25, -0.2) is 38.4 Å². The highest BCUT2D eigenvalue weighted by molar-refractivity contribution is 5.94. The van der Waals surface area contributed by atoms with E-state index in [1.54, 1.807) is 146 Å². The number of fused-ring (bicyclic) bond motifs is 7. The summed E-state index contributed by atoms with van der Waals surface area (Å²) in [6.07, 6.45) is -22.2. The molecule has 0 amide bonds. The Morgan fingerprint density at radius 3 is 1.12 bits per heavy atom. The largest absolute Gasteiger partial charge is 0.459 e. The van der Waals surface area contributed by atoms with Crippen molar-refractivity contribution < 1.29 is 119 Å². The topological polar surface area (TPSA) is 301 Å². The molecule has 658 valence electrons. The SMILES string of the molecule is C[C@@H]1CC[C@@]2(OC1)O[C@H]1C[C@H]3[C@@H]4CC(=O)[C@H]5C[C@@H](O[C@@H]6O[C@H](COC(=O)c7ccccc7)[C@@H](O[C@@H]7O[C@@H](C)[C@H](OC(=O)c8ccccc8)[C@@H](OC(=O)c8ccccc8)[C@H]7OC(=O)c7ccccc7)[C@H](OC(=O)c7ccccc7)[C@H]6O[C@@H]6O[C@@H](C)[C@H](OC(=O)c7ccccc7)[C@@H](OC(=O)c7ccccc7)[C@H]6OC(=O)c6ccccc6)CC[C@]5(C)[C@H]4CC[C@]3(C)[C@H]1[C@@H]2C. The third-order valence-corrected chi connectivity index (χ3v) is 27.8. The Bertz CT molecular complexity index is 5160. The van der Waals surface area contributed by atoms with Gasteiger partial charge < -0.3 is 75.8 Å². The van der Waals surface area contributed by atoms with Gasteiger partial charge >= 0.3 is 47.8 Å². The van der Waals surface area contributed by atoms with E-state index in [0.29, 0.717) is 31.8 Å². The van der Waals surface area contributed by atoms with Crippen molar-refractivity contribution in [1.29, 1.82) is 0 Å². The maximum absolute atomic E-state index is 15.8. The fraction of sp³-hybridized carbons (Fsp3) is 0.436. The van der Waals surface area contributed by atoms with Gasteiger partial charge in [0.1, 0.15) is 24.6 Å². The maximum atomic E-state index is 15.8. The van der Waals surface area contributed by atoms with E-state index in [1.807, 2.05) is 0 Å². The Labute approximate surface area is 730 Å². The zero-order chi connectivity index (χ0) is 87.5. The molecule has 4 saturated carbocycles. The average Bonchev–Trinajstić information content (AvgIpc) is 1.56. The predicted molar refractivity (Wildman–Crippen MR) is 450 cm³/mol. The smallest absolute Gasteiger partial charge is 0.338 e. The van der Waals surface area contributed by atoms with Gasteiger partial charge in [0.05, 0.1) is 75.5 Å². The van der Waals surface area contributed by atoms with Gasteiger partial charge in [-0.15, -0.1) is 0 Å². The van der Waals surface area contributed by atoms with Crippen molar-refractivity contribution in [2.24, 2.45) is 52.3 Å². The lowest BCUT2D eigenvalue weighted by molar-refractivity contribution is -0.387. The molecule has 1 spiro atoms. The number of hydrogen-bond acceptors (Lipinski definition) is 25. The normalized spacial score (nSPS) is 34.3. The van der Waals surface area contributed by atoms with E-state index in [0.717, 1.165) is 32.1 Å². The summed E-state index contributed by atoms with van der Waals surface area (Å²) in [7, 11) is 0. The van der Waals surface area contributed by atoms with Crippen LogP contribution in [0, 0.1) is 52.3 Å². The van der Waals surface area contributed by atoms with Crippen LogP contribution in [0.4, 0.5) is 0 Å². The highest BCUT2D eigenvalue weighted by Crippen LogP contribution is 2.71. The summed E-state index contributed by atoms with van der Waals surface area (Å²) in [6, 6.07) is 63.5. The third kappa shape index (κ3) is 17.9. The Morgan fingerprint density at radius 1 is 0.365 bits per heavy atom. The third-order valence-electron chi connectivity index (χ3n) is 27.8. The Kier molecular flexibility index (Phi) is 25.8. The van der Waals surface area contributed by atoms with Crippen LogP contribution in [0.5, 0.6) is 0 Å². The number of rotatable bonds is 23. The van der Waals surface area contributed by atoms with E-state index in [-0.39, 0.29) is 97.8 Å². The quantitative estimate of drug-likeness (QED) is 0.0326. The van der Waals surface area contributed by atoms with Crippen LogP contribution >= 0.6 is 0 Å². The summed E-state index contributed by atoms with van der Waals surface area (Å²) in [5.74, 6) is -7.34. The van der Waals surface area contributed by atoms with Crippen molar-refractivity contribution in [2.75, 3.05) is 13.2 Å². The molecular formula is C101H104O25. The molecule has 27 atom stereocenters. The standard InChI is InChI=1S/C101H104O25/c1-58-47-52-101(112-56-58)59(2)78-76(126-101)55-73-71-54-75(102)74-53-70(48-50-99(74,5)72(71)49-51-100(73,78)6)115-98-87(125-97-86(123-95(110)69-45-29-14-30-46-69)83(120-92(107)66-39-23-11-24-40-66)80(61(4)114-97)118-90(105)64-35-19-9-20-36-64)84(121-93(108)67-41-25-12-26-42-67)81(77(116-98)57-111-88(103)62-31-15-7-16-32-62)124-96-85(122-94(109)68-43-27-13-28-44-68)82(119-91(106)65-37-21-10-22-38-65)79(60(3)113-96)117-89(104)63-33-17-8-18-34-63/h7-46,58-61,70-74,76-87,96-98H,47-57H2,1-6H3/t58-,59+,60+,61+,70+,71-,72+,73+,74-,76+,77-,78+,79+,80+,81-,82-,83-,84+,85-,86-,87-,96+,97+,98-,99-,100+,101-/m1/s1. The lowest BCUT2D eigenvalue weighted by Crippen LogP contribution is -2.68. The molecule has 9 fully saturated rings. The fourth-order valence-electron chi connectivity index (χ4n) is 21.4. The van der Waals surface area contributed by atoms with Crippen LogP contribution in [0.1, 0.15) is 182 Å². The van der Waals surface area contributed by atoms with E-state index in [4.69, 9.17) is 75.8 Å². The van der Waals surface area contributed by atoms with Crippen molar-refractivity contribution in [1.82, 2.24) is 0 Å². The Morgan fingerprint density at radius 2 is 0.722 bits per heavy atom. The van der Waals surface area contributed by atoms with Crippen LogP contribution in [0.3, 0.4) is 0 Å². The highest BCUT2D eigenvalue weighted by atomic mass is 16.8. The number of esters is 8. The van der Waals surface area contributed by atoms with Gasteiger partial charge in [0.25, 0.3) is 0 Å². The zero-order valence-corrected chi connectivity index (χ0v) is 70.9. The second kappa shape index (κ2) is 37.4. The maximum Gasteiger partial charge on any atom is 0.338 e. The van der Waals surface area contributed by atoms with Crippen LogP contribution in [-0.4, -0.2) is 177 Å². The second-order valence-electron chi connectivity index (χ2n) is 35.4.